The molecular formula is C20H37NO4Si4. The molecule has 0 N–H and O–H groups in total. The molecule has 0 aromatic heterocycles. The molecule has 0 saturated heterocycles. The smallest absolute Gasteiger partial charge is 0.312 e. The van der Waals surface area contributed by atoms with Gasteiger partial charge in [0.25, 0.3) is 0 Å². The molecule has 0 saturated carbocycles. The van der Waals surface area contributed by atoms with Crippen molar-refractivity contribution in [2.45, 2.75) is 84.1 Å². The van der Waals surface area contributed by atoms with Crippen molar-refractivity contribution in [2.75, 3.05) is 0 Å². The van der Waals surface area contributed by atoms with Crippen molar-refractivity contribution in [3.8, 4) is 0 Å². The zero-order valence-corrected chi connectivity index (χ0v) is 23.7. The molecule has 5 nitrogen and oxygen atoms in total. The van der Waals surface area contributed by atoms with Crippen molar-refractivity contribution in [1.82, 2.24) is 0 Å². The summed E-state index contributed by atoms with van der Waals surface area (Å²) in [5.74, 6) is 0.344. The summed E-state index contributed by atoms with van der Waals surface area (Å²) in [7, 11) is -5.96. The van der Waals surface area contributed by atoms with E-state index in [1.165, 1.54) is 5.56 Å². The maximum absolute atomic E-state index is 10.8. The molecule has 1 unspecified atom stereocenters. The quantitative estimate of drug-likeness (QED) is 0.238. The monoisotopic (exact) mass is 467 g/mol. The lowest BCUT2D eigenvalue weighted by molar-refractivity contribution is 0.336. The predicted octanol–water partition coefficient (Wildman–Crippen LogP) is 5.69. The third kappa shape index (κ3) is 8.93. The Morgan fingerprint density at radius 2 is 1.72 bits per heavy atom. The van der Waals surface area contributed by atoms with Crippen LogP contribution >= 0.6 is 0 Å². The lowest BCUT2D eigenvalue weighted by atomic mass is 9.91. The van der Waals surface area contributed by atoms with Crippen LogP contribution in [0.1, 0.15) is 37.8 Å². The summed E-state index contributed by atoms with van der Waals surface area (Å²) in [6.07, 6.45) is 1.69. The van der Waals surface area contributed by atoms with Crippen LogP contribution in [0.15, 0.2) is 29.3 Å². The molecule has 0 aliphatic carbocycles. The number of hydrogen-bond donors (Lipinski definition) is 0. The molecule has 0 heterocycles. The number of hydrogen-bond acceptors (Lipinski definition) is 5. The molecule has 0 amide bonds. The molecule has 0 aliphatic rings. The summed E-state index contributed by atoms with van der Waals surface area (Å²) < 4.78 is 19.0. The second-order valence-corrected chi connectivity index (χ2v) is 21.9. The van der Waals surface area contributed by atoms with Crippen molar-refractivity contribution >= 4 is 41.3 Å². The highest BCUT2D eigenvalue weighted by atomic mass is 28.5. The SMILES string of the molecule is C[Si]O[Si](C)(C)O[Si](C)(C)O[Si](C)(C)CC(C)c1cccc(C(C)(C)N=C=O)c1. The first-order valence-corrected chi connectivity index (χ1v) is 20.2. The van der Waals surface area contributed by atoms with Gasteiger partial charge in [0.05, 0.1) is 5.54 Å². The van der Waals surface area contributed by atoms with Gasteiger partial charge in [-0.2, -0.15) is 4.99 Å². The van der Waals surface area contributed by atoms with Gasteiger partial charge in [0.2, 0.25) is 15.8 Å². The van der Waals surface area contributed by atoms with E-state index in [0.717, 1.165) is 11.6 Å². The second-order valence-electron chi connectivity index (χ2n) is 9.56. The summed E-state index contributed by atoms with van der Waals surface area (Å²) in [4.78, 5) is 14.7. The first-order valence-electron chi connectivity index (χ1n) is 10.1. The minimum absolute atomic E-state index is 0.344. The van der Waals surface area contributed by atoms with E-state index in [2.05, 4.69) is 63.3 Å². The summed E-state index contributed by atoms with van der Waals surface area (Å²) in [5, 5.41) is 0. The van der Waals surface area contributed by atoms with Crippen LogP contribution < -0.4 is 0 Å². The Bertz CT molecular complexity index is 731. The molecular weight excluding hydrogens is 431 g/mol. The molecule has 0 spiro atoms. The van der Waals surface area contributed by atoms with Gasteiger partial charge in [-0.3, -0.25) is 0 Å². The molecule has 162 valence electrons. The highest BCUT2D eigenvalue weighted by Crippen LogP contribution is 2.33. The Hall–Kier alpha value is -0.652. The molecule has 2 radical (unpaired) electrons. The molecule has 1 aromatic rings. The summed E-state index contributed by atoms with van der Waals surface area (Å²) in [5.41, 5.74) is 1.69. The van der Waals surface area contributed by atoms with Crippen LogP contribution in [0.2, 0.25) is 51.9 Å². The fourth-order valence-corrected chi connectivity index (χ4v) is 19.0. The van der Waals surface area contributed by atoms with Gasteiger partial charge in [-0.25, -0.2) is 4.79 Å². The van der Waals surface area contributed by atoms with E-state index >= 15 is 0 Å². The van der Waals surface area contributed by atoms with E-state index in [-0.39, 0.29) is 0 Å². The van der Waals surface area contributed by atoms with Crippen LogP contribution in [0, 0.1) is 0 Å². The Balaban J connectivity index is 2.92. The number of rotatable bonds is 11. The average molecular weight is 468 g/mol. The molecule has 0 fully saturated rings. The van der Waals surface area contributed by atoms with E-state index in [9.17, 15) is 4.79 Å². The Morgan fingerprint density at radius 1 is 1.10 bits per heavy atom. The Labute approximate surface area is 182 Å². The minimum Gasteiger partial charge on any atom is -0.437 e. The van der Waals surface area contributed by atoms with Gasteiger partial charge >= 0.3 is 17.1 Å². The maximum atomic E-state index is 10.8. The van der Waals surface area contributed by atoms with Gasteiger partial charge in [-0.05, 0) is 82.8 Å². The summed E-state index contributed by atoms with van der Waals surface area (Å²) >= 11 is 0. The molecule has 1 atom stereocenters. The van der Waals surface area contributed by atoms with E-state index in [0.29, 0.717) is 15.7 Å². The van der Waals surface area contributed by atoms with Crippen LogP contribution in [0.4, 0.5) is 0 Å². The van der Waals surface area contributed by atoms with Crippen molar-refractivity contribution < 1.29 is 17.1 Å². The van der Waals surface area contributed by atoms with Gasteiger partial charge in [0.15, 0.2) is 8.32 Å². The average Bonchev–Trinajstić information content (AvgIpc) is 2.51. The topological polar surface area (TPSA) is 57.1 Å². The highest BCUT2D eigenvalue weighted by Gasteiger charge is 2.41. The van der Waals surface area contributed by atoms with E-state index in [4.69, 9.17) is 12.3 Å². The van der Waals surface area contributed by atoms with Crippen molar-refractivity contribution in [3.05, 3.63) is 35.4 Å². The van der Waals surface area contributed by atoms with Crippen LogP contribution in [0.25, 0.3) is 0 Å². The second kappa shape index (κ2) is 10.1. The zero-order valence-electron chi connectivity index (χ0n) is 19.7. The largest absolute Gasteiger partial charge is 0.437 e. The van der Waals surface area contributed by atoms with Crippen molar-refractivity contribution in [3.63, 3.8) is 0 Å². The van der Waals surface area contributed by atoms with Crippen LogP contribution in [-0.4, -0.2) is 41.3 Å². The standard InChI is InChI=1S/C20H37NO4Si4/c1-17(18-12-11-13-19(14-18)20(2,3)21-16-22)15-27(5,6)24-29(9,10)25-28(7,8)23-26-4/h11-14,17H,15H2,1-10H3. The maximum Gasteiger partial charge on any atom is 0.312 e. The summed E-state index contributed by atoms with van der Waals surface area (Å²) in [6, 6.07) is 9.34. The predicted molar refractivity (Wildman–Crippen MR) is 128 cm³/mol. The Kier molecular flexibility index (Phi) is 9.19. The third-order valence-electron chi connectivity index (χ3n) is 4.65. The number of benzene rings is 1. The fourth-order valence-electron chi connectivity index (χ4n) is 3.85. The summed E-state index contributed by atoms with van der Waals surface area (Å²) in [6.45, 7) is 21.1. The van der Waals surface area contributed by atoms with E-state index in [1.807, 2.05) is 32.5 Å². The molecule has 0 aliphatic heterocycles. The minimum atomic E-state index is -2.29. The number of carbonyl (C=O) groups excluding carboxylic acids is 1. The molecule has 0 bridgehead atoms. The lowest BCUT2D eigenvalue weighted by Gasteiger charge is -2.39. The Morgan fingerprint density at radius 3 is 2.28 bits per heavy atom. The van der Waals surface area contributed by atoms with Gasteiger partial charge in [0.1, 0.15) is 0 Å². The fraction of sp³-hybridized carbons (Fsp3) is 0.650. The van der Waals surface area contributed by atoms with Crippen molar-refractivity contribution in [1.29, 1.82) is 0 Å². The molecule has 9 heteroatoms. The third-order valence-corrected chi connectivity index (χ3v) is 17.1. The molecule has 1 aromatic carbocycles. The first-order chi connectivity index (χ1) is 13.1. The normalized spacial score (nSPS) is 14.4. The van der Waals surface area contributed by atoms with Gasteiger partial charge in [-0.15, -0.1) is 0 Å². The molecule has 1 rings (SSSR count). The lowest BCUT2D eigenvalue weighted by Crippen LogP contribution is -2.53. The van der Waals surface area contributed by atoms with E-state index in [1.54, 1.807) is 6.08 Å². The number of isocyanates is 1. The number of aliphatic imine (C=N–C) groups is 1. The van der Waals surface area contributed by atoms with Crippen LogP contribution in [0.3, 0.4) is 0 Å². The first kappa shape index (κ1) is 26.4. The van der Waals surface area contributed by atoms with Gasteiger partial charge in [-0.1, -0.05) is 31.2 Å². The van der Waals surface area contributed by atoms with Crippen LogP contribution in [0.5, 0.6) is 0 Å². The van der Waals surface area contributed by atoms with E-state index < -0.39 is 31.0 Å². The van der Waals surface area contributed by atoms with Gasteiger partial charge < -0.3 is 12.3 Å². The van der Waals surface area contributed by atoms with Crippen molar-refractivity contribution in [2.24, 2.45) is 4.99 Å². The zero-order chi connectivity index (χ0) is 22.5. The highest BCUT2D eigenvalue weighted by molar-refractivity contribution is 6.87. The van der Waals surface area contributed by atoms with Crippen LogP contribution in [-0.2, 0) is 22.7 Å². The number of nitrogens with zero attached hydrogens (tertiary/aromatic N) is 1. The van der Waals surface area contributed by atoms with Gasteiger partial charge in [0, 0.05) is 0 Å². The molecule has 29 heavy (non-hydrogen) atoms.